The largest absolute Gasteiger partial charge is 0.356 e. The molecule has 0 aromatic heterocycles. The first kappa shape index (κ1) is 22.9. The molecule has 3 unspecified atom stereocenters. The third-order valence-corrected chi connectivity index (χ3v) is 5.93. The summed E-state index contributed by atoms with van der Waals surface area (Å²) in [5.74, 6) is -2.41. The lowest BCUT2D eigenvalue weighted by molar-refractivity contribution is -0.130. The van der Waals surface area contributed by atoms with Gasteiger partial charge in [-0.1, -0.05) is 12.8 Å². The van der Waals surface area contributed by atoms with Gasteiger partial charge in [0.15, 0.2) is 0 Å². The molecule has 166 valence electrons. The first-order chi connectivity index (χ1) is 14.8. The molecule has 31 heavy (non-hydrogen) atoms. The average molecular weight is 431 g/mol. The Balaban J connectivity index is 1.54. The first-order valence-electron chi connectivity index (χ1n) is 10.8. The maximum absolute atomic E-state index is 13.3. The molecule has 1 saturated heterocycles. The van der Waals surface area contributed by atoms with Crippen LogP contribution in [-0.4, -0.2) is 30.2 Å². The van der Waals surface area contributed by atoms with Gasteiger partial charge in [0.1, 0.15) is 23.5 Å². The molecule has 1 aromatic carbocycles. The van der Waals surface area contributed by atoms with E-state index in [1.54, 1.807) is 0 Å². The van der Waals surface area contributed by atoms with Crippen molar-refractivity contribution in [1.82, 2.24) is 10.6 Å². The van der Waals surface area contributed by atoms with E-state index in [2.05, 4.69) is 10.6 Å². The van der Waals surface area contributed by atoms with Crippen LogP contribution in [0.25, 0.3) is 0 Å². The molecule has 2 fully saturated rings. The van der Waals surface area contributed by atoms with Crippen molar-refractivity contribution in [2.75, 3.05) is 6.54 Å². The number of nitriles is 1. The number of nitrogens with one attached hydrogen (secondary N) is 2. The number of rotatable bonds is 11. The van der Waals surface area contributed by atoms with Crippen molar-refractivity contribution >= 4 is 17.6 Å². The van der Waals surface area contributed by atoms with Crippen LogP contribution in [0.4, 0.5) is 8.78 Å². The van der Waals surface area contributed by atoms with E-state index in [0.717, 1.165) is 18.9 Å². The van der Waals surface area contributed by atoms with Crippen LogP contribution in [0.3, 0.4) is 0 Å². The van der Waals surface area contributed by atoms with Crippen LogP contribution in [0.2, 0.25) is 0 Å². The molecular formula is C23H27F2N3O3. The number of ketones is 1. The highest BCUT2D eigenvalue weighted by Crippen LogP contribution is 2.36. The third-order valence-electron chi connectivity index (χ3n) is 5.93. The van der Waals surface area contributed by atoms with Gasteiger partial charge in [0, 0.05) is 37.3 Å². The highest BCUT2D eigenvalue weighted by atomic mass is 19.1. The minimum absolute atomic E-state index is 0.0300. The summed E-state index contributed by atoms with van der Waals surface area (Å²) in [5.41, 5.74) is 0.397. The zero-order valence-corrected chi connectivity index (χ0v) is 17.3. The fourth-order valence-corrected chi connectivity index (χ4v) is 4.04. The van der Waals surface area contributed by atoms with Crippen molar-refractivity contribution in [3.63, 3.8) is 0 Å². The van der Waals surface area contributed by atoms with Crippen LogP contribution in [0.1, 0.15) is 50.5 Å². The number of carbonyl (C=O) groups is 3. The Morgan fingerprint density at radius 1 is 1.16 bits per heavy atom. The molecule has 1 aliphatic heterocycles. The van der Waals surface area contributed by atoms with E-state index >= 15 is 0 Å². The van der Waals surface area contributed by atoms with E-state index in [0.29, 0.717) is 30.9 Å². The Bertz CT molecular complexity index is 859. The summed E-state index contributed by atoms with van der Waals surface area (Å²) in [5, 5.41) is 14.8. The summed E-state index contributed by atoms with van der Waals surface area (Å²) in [4.78, 5) is 37.1. The van der Waals surface area contributed by atoms with Crippen molar-refractivity contribution in [2.45, 2.75) is 57.4 Å². The second kappa shape index (κ2) is 10.5. The normalized spacial score (nSPS) is 19.9. The van der Waals surface area contributed by atoms with E-state index in [9.17, 15) is 28.4 Å². The van der Waals surface area contributed by atoms with E-state index in [1.807, 2.05) is 6.07 Å². The van der Waals surface area contributed by atoms with Crippen molar-refractivity contribution < 1.29 is 23.2 Å². The monoisotopic (exact) mass is 431 g/mol. The third kappa shape index (κ3) is 7.12. The average Bonchev–Trinajstić information content (AvgIpc) is 3.45. The summed E-state index contributed by atoms with van der Waals surface area (Å²) in [6, 6.07) is 4.43. The highest BCUT2D eigenvalue weighted by molar-refractivity contribution is 5.87. The second-order valence-electron chi connectivity index (χ2n) is 8.60. The van der Waals surface area contributed by atoms with Gasteiger partial charge in [-0.25, -0.2) is 8.78 Å². The molecule has 2 amide bonds. The fraction of sp³-hybridized carbons (Fsp3) is 0.565. The van der Waals surface area contributed by atoms with Crippen molar-refractivity contribution in [1.29, 1.82) is 5.26 Å². The standard InChI is InChI=1S/C23H27F2N3O3/c24-18-8-15(9-19(25)12-18)3-4-21(29)11-17(7-14-1-2-14)23(31)28-20(13-26)10-16-5-6-27-22(16)30/h8-9,12,14,16-17,20H,1-7,10-11H2,(H,27,30)(H,28,31). The number of hydrogen-bond acceptors (Lipinski definition) is 4. The van der Waals surface area contributed by atoms with Gasteiger partial charge in [-0.2, -0.15) is 5.26 Å². The smallest absolute Gasteiger partial charge is 0.224 e. The van der Waals surface area contributed by atoms with Gasteiger partial charge in [0.2, 0.25) is 11.8 Å². The molecule has 6 nitrogen and oxygen atoms in total. The van der Waals surface area contributed by atoms with Gasteiger partial charge in [-0.15, -0.1) is 0 Å². The van der Waals surface area contributed by atoms with Gasteiger partial charge < -0.3 is 10.6 Å². The van der Waals surface area contributed by atoms with E-state index in [4.69, 9.17) is 0 Å². The minimum Gasteiger partial charge on any atom is -0.356 e. The first-order valence-corrected chi connectivity index (χ1v) is 10.8. The predicted molar refractivity (Wildman–Crippen MR) is 108 cm³/mol. The van der Waals surface area contributed by atoms with Crippen LogP contribution in [0.15, 0.2) is 18.2 Å². The summed E-state index contributed by atoms with van der Waals surface area (Å²) in [6.45, 7) is 0.573. The quantitative estimate of drug-likeness (QED) is 0.563. The number of hydrogen-bond donors (Lipinski definition) is 2. The number of carbonyl (C=O) groups excluding carboxylic acids is 3. The lowest BCUT2D eigenvalue weighted by Crippen LogP contribution is -2.40. The molecule has 0 radical (unpaired) electrons. The van der Waals surface area contributed by atoms with Gasteiger partial charge in [-0.05, 0) is 49.3 Å². The number of nitrogens with zero attached hydrogens (tertiary/aromatic N) is 1. The number of aryl methyl sites for hydroxylation is 1. The molecule has 0 bridgehead atoms. The summed E-state index contributed by atoms with van der Waals surface area (Å²) < 4.78 is 26.6. The maximum Gasteiger partial charge on any atom is 0.224 e. The molecule has 1 aliphatic carbocycles. The van der Waals surface area contributed by atoms with Gasteiger partial charge in [0.25, 0.3) is 0 Å². The molecule has 3 atom stereocenters. The van der Waals surface area contributed by atoms with Crippen LogP contribution >= 0.6 is 0 Å². The zero-order chi connectivity index (χ0) is 22.4. The Kier molecular flexibility index (Phi) is 7.72. The van der Waals surface area contributed by atoms with Crippen LogP contribution in [0.5, 0.6) is 0 Å². The molecule has 8 heteroatoms. The lowest BCUT2D eigenvalue weighted by Gasteiger charge is -2.20. The number of amides is 2. The maximum atomic E-state index is 13.3. The summed E-state index contributed by atoms with van der Waals surface area (Å²) in [7, 11) is 0. The SMILES string of the molecule is N#CC(CC1CCNC1=O)NC(=O)C(CC(=O)CCc1cc(F)cc(F)c1)CC1CC1. The summed E-state index contributed by atoms with van der Waals surface area (Å²) in [6.07, 6.45) is 3.82. The topological polar surface area (TPSA) is 99.1 Å². The Morgan fingerprint density at radius 3 is 2.45 bits per heavy atom. The number of benzene rings is 1. The van der Waals surface area contributed by atoms with Gasteiger partial charge >= 0.3 is 0 Å². The minimum atomic E-state index is -0.784. The molecule has 1 saturated carbocycles. The lowest BCUT2D eigenvalue weighted by atomic mass is 9.92. The Morgan fingerprint density at radius 2 is 1.87 bits per heavy atom. The van der Waals surface area contributed by atoms with Gasteiger partial charge in [0.05, 0.1) is 6.07 Å². The zero-order valence-electron chi connectivity index (χ0n) is 17.3. The van der Waals surface area contributed by atoms with Crippen LogP contribution < -0.4 is 10.6 Å². The number of Topliss-reactive ketones (excluding diaryl/α,β-unsaturated/α-hetero) is 1. The number of halogens is 2. The van der Waals surface area contributed by atoms with Crippen LogP contribution in [-0.2, 0) is 20.8 Å². The predicted octanol–water partition coefficient (Wildman–Crippen LogP) is 2.81. The molecular weight excluding hydrogens is 404 g/mol. The molecule has 0 spiro atoms. The Labute approximate surface area is 180 Å². The Hall–Kier alpha value is -2.82. The fourth-order valence-electron chi connectivity index (χ4n) is 4.04. The molecule has 2 N–H and O–H groups in total. The second-order valence-corrected chi connectivity index (χ2v) is 8.60. The van der Waals surface area contributed by atoms with Crippen molar-refractivity contribution in [3.05, 3.63) is 35.4 Å². The summed E-state index contributed by atoms with van der Waals surface area (Å²) >= 11 is 0. The van der Waals surface area contributed by atoms with Crippen molar-refractivity contribution in [2.24, 2.45) is 17.8 Å². The van der Waals surface area contributed by atoms with Crippen molar-refractivity contribution in [3.8, 4) is 6.07 Å². The van der Waals surface area contributed by atoms with E-state index < -0.39 is 23.6 Å². The molecule has 3 rings (SSSR count). The molecule has 1 heterocycles. The molecule has 2 aliphatic rings. The van der Waals surface area contributed by atoms with E-state index in [-0.39, 0.29) is 49.2 Å². The highest BCUT2D eigenvalue weighted by Gasteiger charge is 2.33. The van der Waals surface area contributed by atoms with Crippen LogP contribution in [0, 0.1) is 40.7 Å². The van der Waals surface area contributed by atoms with Gasteiger partial charge in [-0.3, -0.25) is 14.4 Å². The molecule has 1 aromatic rings. The van der Waals surface area contributed by atoms with E-state index in [1.165, 1.54) is 12.1 Å².